The molecule has 0 amide bonds. The van der Waals surface area contributed by atoms with E-state index in [1.165, 1.54) is 20.4 Å². The number of carbonyl (C=O) groups is 1. The number of esters is 1. The molecule has 0 aromatic carbocycles. The summed E-state index contributed by atoms with van der Waals surface area (Å²) in [5.74, 6) is -0.0201. The first-order chi connectivity index (χ1) is 7.67. The van der Waals surface area contributed by atoms with Gasteiger partial charge < -0.3 is 9.47 Å². The quantitative estimate of drug-likeness (QED) is 0.703. The SMILES string of the molecule is COC(=O)c1c(C)nc2cnc(OC)cn12. The van der Waals surface area contributed by atoms with Gasteiger partial charge in [0.2, 0.25) is 5.88 Å². The van der Waals surface area contributed by atoms with Crippen LogP contribution in [0.25, 0.3) is 5.65 Å². The molecule has 2 aromatic rings. The summed E-state index contributed by atoms with van der Waals surface area (Å²) < 4.78 is 11.3. The van der Waals surface area contributed by atoms with Crippen molar-refractivity contribution < 1.29 is 14.3 Å². The van der Waals surface area contributed by atoms with E-state index in [0.717, 1.165) is 0 Å². The lowest BCUT2D eigenvalue weighted by atomic mass is 10.3. The van der Waals surface area contributed by atoms with Gasteiger partial charge in [0.25, 0.3) is 0 Å². The van der Waals surface area contributed by atoms with E-state index in [2.05, 4.69) is 9.97 Å². The fourth-order valence-electron chi connectivity index (χ4n) is 1.50. The monoisotopic (exact) mass is 221 g/mol. The van der Waals surface area contributed by atoms with Crippen LogP contribution in [-0.2, 0) is 4.74 Å². The molecule has 0 bridgehead atoms. The zero-order valence-corrected chi connectivity index (χ0v) is 9.22. The van der Waals surface area contributed by atoms with Crippen LogP contribution in [0.1, 0.15) is 16.2 Å². The van der Waals surface area contributed by atoms with Gasteiger partial charge in [-0.25, -0.2) is 14.8 Å². The average molecular weight is 221 g/mol. The highest BCUT2D eigenvalue weighted by Crippen LogP contribution is 2.15. The second-order valence-corrected chi connectivity index (χ2v) is 3.20. The summed E-state index contributed by atoms with van der Waals surface area (Å²) in [4.78, 5) is 19.8. The Morgan fingerprint density at radius 2 is 2.19 bits per heavy atom. The van der Waals surface area contributed by atoms with Crippen molar-refractivity contribution in [3.05, 3.63) is 23.8 Å². The first-order valence-corrected chi connectivity index (χ1v) is 4.64. The number of aryl methyl sites for hydroxylation is 1. The second-order valence-electron chi connectivity index (χ2n) is 3.20. The highest BCUT2D eigenvalue weighted by atomic mass is 16.5. The predicted molar refractivity (Wildman–Crippen MR) is 55.6 cm³/mol. The molecule has 0 atom stereocenters. The lowest BCUT2D eigenvalue weighted by Gasteiger charge is -2.02. The van der Waals surface area contributed by atoms with Crippen LogP contribution in [0.5, 0.6) is 5.88 Å². The molecule has 0 saturated heterocycles. The number of aromatic nitrogens is 3. The van der Waals surface area contributed by atoms with E-state index in [1.54, 1.807) is 17.5 Å². The molecule has 2 aromatic heterocycles. The van der Waals surface area contributed by atoms with Gasteiger partial charge in [0.05, 0.1) is 32.3 Å². The van der Waals surface area contributed by atoms with Gasteiger partial charge in [0, 0.05) is 0 Å². The van der Waals surface area contributed by atoms with Crippen molar-refractivity contribution in [2.45, 2.75) is 6.92 Å². The Morgan fingerprint density at radius 3 is 2.81 bits per heavy atom. The van der Waals surface area contributed by atoms with E-state index < -0.39 is 5.97 Å². The first kappa shape index (κ1) is 10.4. The minimum Gasteiger partial charge on any atom is -0.480 e. The number of hydrogen-bond acceptors (Lipinski definition) is 5. The van der Waals surface area contributed by atoms with Crippen molar-refractivity contribution in [3.8, 4) is 5.88 Å². The summed E-state index contributed by atoms with van der Waals surface area (Å²) in [7, 11) is 2.84. The maximum Gasteiger partial charge on any atom is 0.356 e. The minimum absolute atomic E-state index is 0.387. The molecule has 6 heteroatoms. The Kier molecular flexibility index (Phi) is 2.47. The zero-order chi connectivity index (χ0) is 11.7. The van der Waals surface area contributed by atoms with Crippen molar-refractivity contribution in [1.29, 1.82) is 0 Å². The maximum atomic E-state index is 11.6. The van der Waals surface area contributed by atoms with Crippen LogP contribution in [0.2, 0.25) is 0 Å². The van der Waals surface area contributed by atoms with Gasteiger partial charge in [0.1, 0.15) is 0 Å². The number of methoxy groups -OCH3 is 2. The van der Waals surface area contributed by atoms with Crippen molar-refractivity contribution in [2.75, 3.05) is 14.2 Å². The van der Waals surface area contributed by atoms with Crippen LogP contribution >= 0.6 is 0 Å². The summed E-state index contributed by atoms with van der Waals surface area (Å²) in [6, 6.07) is 0. The van der Waals surface area contributed by atoms with Crippen molar-refractivity contribution >= 4 is 11.6 Å². The predicted octanol–water partition coefficient (Wildman–Crippen LogP) is 0.833. The summed E-state index contributed by atoms with van der Waals surface area (Å²) in [6.07, 6.45) is 3.14. The molecule has 0 N–H and O–H groups in total. The molecular formula is C10H11N3O3. The van der Waals surface area contributed by atoms with Crippen molar-refractivity contribution in [2.24, 2.45) is 0 Å². The van der Waals surface area contributed by atoms with Crippen molar-refractivity contribution in [1.82, 2.24) is 14.4 Å². The maximum absolute atomic E-state index is 11.6. The van der Waals surface area contributed by atoms with Crippen LogP contribution in [0.15, 0.2) is 12.4 Å². The van der Waals surface area contributed by atoms with E-state index in [9.17, 15) is 4.79 Å². The lowest BCUT2D eigenvalue weighted by Crippen LogP contribution is -2.07. The van der Waals surface area contributed by atoms with Crippen LogP contribution in [0, 0.1) is 6.92 Å². The molecule has 2 rings (SSSR count). The summed E-state index contributed by atoms with van der Waals surface area (Å²) in [5.41, 5.74) is 1.57. The fourth-order valence-corrected chi connectivity index (χ4v) is 1.50. The van der Waals surface area contributed by atoms with Gasteiger partial charge >= 0.3 is 5.97 Å². The first-order valence-electron chi connectivity index (χ1n) is 4.64. The number of rotatable bonds is 2. The van der Waals surface area contributed by atoms with E-state index in [4.69, 9.17) is 9.47 Å². The number of imidazole rings is 1. The van der Waals surface area contributed by atoms with Gasteiger partial charge in [-0.2, -0.15) is 0 Å². The Hall–Kier alpha value is -2.11. The molecule has 0 saturated carbocycles. The van der Waals surface area contributed by atoms with Crippen LogP contribution < -0.4 is 4.74 Å². The molecule has 0 radical (unpaired) electrons. The number of fused-ring (bicyclic) bond motifs is 1. The highest BCUT2D eigenvalue weighted by molar-refractivity contribution is 5.89. The standard InChI is InChI=1S/C10H11N3O3/c1-6-9(10(14)16-3)13-5-8(15-2)11-4-7(13)12-6/h4-5H,1-3H3. The molecule has 0 aliphatic rings. The summed E-state index contributed by atoms with van der Waals surface area (Å²) in [6.45, 7) is 1.74. The molecule has 0 fully saturated rings. The molecule has 0 aliphatic heterocycles. The normalized spacial score (nSPS) is 10.4. The summed E-state index contributed by atoms with van der Waals surface area (Å²) in [5, 5.41) is 0. The van der Waals surface area contributed by atoms with E-state index in [0.29, 0.717) is 22.9 Å². The van der Waals surface area contributed by atoms with Crippen LogP contribution in [-0.4, -0.2) is 34.6 Å². The molecule has 84 valence electrons. The molecule has 2 heterocycles. The Labute approximate surface area is 91.8 Å². The molecular weight excluding hydrogens is 210 g/mol. The van der Waals surface area contributed by atoms with Crippen molar-refractivity contribution in [3.63, 3.8) is 0 Å². The van der Waals surface area contributed by atoms with Gasteiger partial charge in [-0.1, -0.05) is 0 Å². The molecule has 16 heavy (non-hydrogen) atoms. The smallest absolute Gasteiger partial charge is 0.356 e. The molecule has 0 spiro atoms. The lowest BCUT2D eigenvalue weighted by molar-refractivity contribution is 0.0592. The van der Waals surface area contributed by atoms with Gasteiger partial charge in [0.15, 0.2) is 11.3 Å². The Bertz CT molecular complexity index is 547. The number of carbonyl (C=O) groups excluding carboxylic acids is 1. The third kappa shape index (κ3) is 1.48. The highest BCUT2D eigenvalue weighted by Gasteiger charge is 2.17. The third-order valence-electron chi connectivity index (χ3n) is 2.25. The van der Waals surface area contributed by atoms with Gasteiger partial charge in [-0.05, 0) is 6.92 Å². The average Bonchev–Trinajstić information content (AvgIpc) is 2.63. The Balaban J connectivity index is 2.70. The Morgan fingerprint density at radius 1 is 1.44 bits per heavy atom. The van der Waals surface area contributed by atoms with Crippen LogP contribution in [0.3, 0.4) is 0 Å². The van der Waals surface area contributed by atoms with E-state index >= 15 is 0 Å². The van der Waals surface area contributed by atoms with Gasteiger partial charge in [-0.15, -0.1) is 0 Å². The number of hydrogen-bond donors (Lipinski definition) is 0. The second kappa shape index (κ2) is 3.80. The minimum atomic E-state index is -0.432. The van der Waals surface area contributed by atoms with Crippen LogP contribution in [0.4, 0.5) is 0 Å². The number of ether oxygens (including phenoxy) is 2. The van der Waals surface area contributed by atoms with Gasteiger partial charge in [-0.3, -0.25) is 4.40 Å². The largest absolute Gasteiger partial charge is 0.480 e. The third-order valence-corrected chi connectivity index (χ3v) is 2.25. The number of nitrogens with zero attached hydrogens (tertiary/aromatic N) is 3. The van der Waals surface area contributed by atoms with E-state index in [-0.39, 0.29) is 0 Å². The molecule has 6 nitrogen and oxygen atoms in total. The topological polar surface area (TPSA) is 65.7 Å². The van der Waals surface area contributed by atoms with E-state index in [1.807, 2.05) is 0 Å². The zero-order valence-electron chi connectivity index (χ0n) is 9.22. The summed E-state index contributed by atoms with van der Waals surface area (Å²) >= 11 is 0. The molecule has 0 aliphatic carbocycles. The molecule has 0 unspecified atom stereocenters. The fraction of sp³-hybridized carbons (Fsp3) is 0.300.